The number of nitrogens with zero attached hydrogens (tertiary/aromatic N) is 1. The van der Waals surface area contributed by atoms with Crippen molar-refractivity contribution in [2.75, 3.05) is 0 Å². The lowest BCUT2D eigenvalue weighted by Crippen LogP contribution is -1.86. The van der Waals surface area contributed by atoms with E-state index in [9.17, 15) is 4.39 Å². The Morgan fingerprint density at radius 3 is 2.90 bits per heavy atom. The molecule has 0 spiro atoms. The summed E-state index contributed by atoms with van der Waals surface area (Å²) < 4.78 is 12.7. The van der Waals surface area contributed by atoms with Gasteiger partial charge in [0.2, 0.25) is 0 Å². The highest BCUT2D eigenvalue weighted by Gasteiger charge is 1.98. The molecule has 1 heterocycles. The molecule has 1 rings (SSSR count). The van der Waals surface area contributed by atoms with Crippen LogP contribution < -0.4 is 0 Å². The molecule has 0 aliphatic rings. The molecule has 0 unspecified atom stereocenters. The summed E-state index contributed by atoms with van der Waals surface area (Å²) in [4.78, 5) is 4.53. The molecule has 0 N–H and O–H groups in total. The SMILES string of the molecule is Cc1ncc(SS)cc1F. The number of aromatic nitrogens is 1. The zero-order valence-corrected chi connectivity index (χ0v) is 7.05. The third kappa shape index (κ3) is 1.64. The highest BCUT2D eigenvalue weighted by atomic mass is 33.1. The lowest BCUT2D eigenvalue weighted by atomic mass is 10.4. The minimum absolute atomic E-state index is 0.279. The summed E-state index contributed by atoms with van der Waals surface area (Å²) in [5.74, 6) is -0.279. The summed E-state index contributed by atoms with van der Waals surface area (Å²) >= 11 is 3.90. The molecule has 0 radical (unpaired) electrons. The van der Waals surface area contributed by atoms with Crippen LogP contribution in [0.25, 0.3) is 0 Å². The molecule has 0 aliphatic heterocycles. The molecule has 4 heteroatoms. The Balaban J connectivity index is 3.04. The van der Waals surface area contributed by atoms with Gasteiger partial charge in [-0.15, -0.1) is 11.7 Å². The fourth-order valence-corrected chi connectivity index (χ4v) is 1.09. The third-order valence-electron chi connectivity index (χ3n) is 1.11. The highest BCUT2D eigenvalue weighted by molar-refractivity contribution is 8.68. The van der Waals surface area contributed by atoms with Crippen molar-refractivity contribution < 1.29 is 4.39 Å². The first-order chi connectivity index (χ1) is 4.74. The Morgan fingerprint density at radius 1 is 1.70 bits per heavy atom. The average molecular weight is 175 g/mol. The van der Waals surface area contributed by atoms with Crippen molar-refractivity contribution in [1.82, 2.24) is 4.98 Å². The van der Waals surface area contributed by atoms with Crippen LogP contribution in [0.15, 0.2) is 17.2 Å². The minimum atomic E-state index is -0.279. The van der Waals surface area contributed by atoms with Crippen LogP contribution in [0.1, 0.15) is 5.69 Å². The number of aryl methyl sites for hydroxylation is 1. The van der Waals surface area contributed by atoms with Gasteiger partial charge in [-0.05, 0) is 13.0 Å². The van der Waals surface area contributed by atoms with Gasteiger partial charge in [-0.3, -0.25) is 4.98 Å². The second-order valence-electron chi connectivity index (χ2n) is 1.83. The van der Waals surface area contributed by atoms with Crippen molar-refractivity contribution in [3.8, 4) is 0 Å². The van der Waals surface area contributed by atoms with E-state index >= 15 is 0 Å². The van der Waals surface area contributed by atoms with Crippen LogP contribution in [-0.2, 0) is 0 Å². The zero-order chi connectivity index (χ0) is 7.56. The third-order valence-corrected chi connectivity index (χ3v) is 2.17. The normalized spacial score (nSPS) is 9.90. The maximum atomic E-state index is 12.7. The number of pyridine rings is 1. The first-order valence-electron chi connectivity index (χ1n) is 2.67. The number of thiol groups is 1. The second-order valence-corrected chi connectivity index (χ2v) is 3.03. The van der Waals surface area contributed by atoms with Crippen molar-refractivity contribution in [1.29, 1.82) is 0 Å². The number of rotatable bonds is 1. The molecule has 10 heavy (non-hydrogen) atoms. The molecule has 0 bridgehead atoms. The van der Waals surface area contributed by atoms with Gasteiger partial charge in [0.25, 0.3) is 0 Å². The van der Waals surface area contributed by atoms with Gasteiger partial charge in [0.05, 0.1) is 5.69 Å². The standard InChI is InChI=1S/C6H6FNS2/c1-4-6(7)2-5(10-9)3-8-4/h2-3,9H,1H3. The number of hydrogen-bond acceptors (Lipinski definition) is 3. The van der Waals surface area contributed by atoms with Gasteiger partial charge in [0.15, 0.2) is 0 Å². The quantitative estimate of drug-likeness (QED) is 0.520. The number of halogens is 1. The van der Waals surface area contributed by atoms with Gasteiger partial charge in [0, 0.05) is 11.1 Å². The van der Waals surface area contributed by atoms with Crippen LogP contribution in [0, 0.1) is 12.7 Å². The van der Waals surface area contributed by atoms with Crippen LogP contribution in [0.2, 0.25) is 0 Å². The monoisotopic (exact) mass is 175 g/mol. The van der Waals surface area contributed by atoms with E-state index in [2.05, 4.69) is 16.6 Å². The average Bonchev–Trinajstić information content (AvgIpc) is 1.95. The minimum Gasteiger partial charge on any atom is -0.257 e. The van der Waals surface area contributed by atoms with Gasteiger partial charge >= 0.3 is 0 Å². The Hall–Kier alpha value is -0.220. The molecular formula is C6H6FNS2. The van der Waals surface area contributed by atoms with Crippen LogP contribution in [0.4, 0.5) is 4.39 Å². The molecule has 1 nitrogen and oxygen atoms in total. The number of hydrogen-bond donors (Lipinski definition) is 1. The summed E-state index contributed by atoms with van der Waals surface area (Å²) in [6.07, 6.45) is 1.59. The van der Waals surface area contributed by atoms with E-state index in [0.717, 1.165) is 4.90 Å². The molecule has 0 aromatic carbocycles. The smallest absolute Gasteiger partial charge is 0.145 e. The largest absolute Gasteiger partial charge is 0.257 e. The van der Waals surface area contributed by atoms with E-state index in [0.29, 0.717) is 5.69 Å². The molecule has 0 saturated carbocycles. The predicted molar refractivity (Wildman–Crippen MR) is 43.8 cm³/mol. The molecule has 1 aromatic heterocycles. The highest BCUT2D eigenvalue weighted by Crippen LogP contribution is 2.21. The van der Waals surface area contributed by atoms with Gasteiger partial charge in [-0.1, -0.05) is 10.8 Å². The summed E-state index contributed by atoms with van der Waals surface area (Å²) in [7, 11) is 1.18. The van der Waals surface area contributed by atoms with E-state index in [1.165, 1.54) is 16.9 Å². The van der Waals surface area contributed by atoms with Crippen LogP contribution in [0.5, 0.6) is 0 Å². The van der Waals surface area contributed by atoms with E-state index in [1.54, 1.807) is 13.1 Å². The summed E-state index contributed by atoms with van der Waals surface area (Å²) in [5, 5.41) is 0. The van der Waals surface area contributed by atoms with E-state index in [1.807, 2.05) is 0 Å². The molecular weight excluding hydrogens is 169 g/mol. The lowest BCUT2D eigenvalue weighted by molar-refractivity contribution is 0.605. The zero-order valence-electron chi connectivity index (χ0n) is 5.34. The summed E-state index contributed by atoms with van der Waals surface area (Å²) in [5.41, 5.74) is 0.422. The van der Waals surface area contributed by atoms with E-state index in [-0.39, 0.29) is 5.82 Å². The van der Waals surface area contributed by atoms with Gasteiger partial charge < -0.3 is 0 Å². The fourth-order valence-electron chi connectivity index (χ4n) is 0.539. The lowest BCUT2D eigenvalue weighted by Gasteiger charge is -1.96. The fraction of sp³-hybridized carbons (Fsp3) is 0.167. The van der Waals surface area contributed by atoms with Crippen molar-refractivity contribution >= 4 is 22.5 Å². The van der Waals surface area contributed by atoms with Crippen molar-refractivity contribution in [2.24, 2.45) is 0 Å². The van der Waals surface area contributed by atoms with Crippen LogP contribution >= 0.6 is 22.5 Å². The topological polar surface area (TPSA) is 12.9 Å². The maximum Gasteiger partial charge on any atom is 0.145 e. The van der Waals surface area contributed by atoms with Crippen molar-refractivity contribution in [3.63, 3.8) is 0 Å². The molecule has 0 fully saturated rings. The predicted octanol–water partition coefficient (Wildman–Crippen LogP) is 2.47. The van der Waals surface area contributed by atoms with Gasteiger partial charge in [-0.2, -0.15) is 0 Å². The van der Waals surface area contributed by atoms with Crippen LogP contribution in [-0.4, -0.2) is 4.98 Å². The van der Waals surface area contributed by atoms with E-state index in [4.69, 9.17) is 0 Å². The molecule has 0 atom stereocenters. The summed E-state index contributed by atoms with van der Waals surface area (Å²) in [6, 6.07) is 1.42. The van der Waals surface area contributed by atoms with Crippen LogP contribution in [0.3, 0.4) is 0 Å². The molecule has 1 aromatic rings. The molecule has 0 amide bonds. The van der Waals surface area contributed by atoms with Gasteiger partial charge in [0.1, 0.15) is 5.82 Å². The Bertz CT molecular complexity index is 239. The van der Waals surface area contributed by atoms with Gasteiger partial charge in [-0.25, -0.2) is 4.39 Å². The Kier molecular flexibility index (Phi) is 2.56. The van der Waals surface area contributed by atoms with Crippen molar-refractivity contribution in [2.45, 2.75) is 11.8 Å². The maximum absolute atomic E-state index is 12.7. The first kappa shape index (κ1) is 7.88. The molecule has 54 valence electrons. The Labute approximate surface area is 67.9 Å². The van der Waals surface area contributed by atoms with E-state index < -0.39 is 0 Å². The Morgan fingerprint density at radius 2 is 2.40 bits per heavy atom. The summed E-state index contributed by atoms with van der Waals surface area (Å²) in [6.45, 7) is 1.63. The second kappa shape index (κ2) is 3.25. The molecule has 0 saturated heterocycles. The first-order valence-corrected chi connectivity index (χ1v) is 4.54. The van der Waals surface area contributed by atoms with Crippen molar-refractivity contribution in [3.05, 3.63) is 23.8 Å². The molecule has 0 aliphatic carbocycles.